The second-order valence-electron chi connectivity index (χ2n) is 3.21. The summed E-state index contributed by atoms with van der Waals surface area (Å²) in [6, 6.07) is 7.94. The molecule has 0 spiro atoms. The average Bonchev–Trinajstić information content (AvgIpc) is 2.22. The van der Waals surface area contributed by atoms with E-state index in [4.69, 9.17) is 9.47 Å². The Morgan fingerprint density at radius 3 is 2.47 bits per heavy atom. The second kappa shape index (κ2) is 6.25. The van der Waals surface area contributed by atoms with Gasteiger partial charge in [0.25, 0.3) is 0 Å². The van der Waals surface area contributed by atoms with Gasteiger partial charge in [0, 0.05) is 6.61 Å². The molecule has 1 unspecified atom stereocenters. The second-order valence-corrected chi connectivity index (χ2v) is 3.21. The summed E-state index contributed by atoms with van der Waals surface area (Å²) in [4.78, 5) is 0. The zero-order valence-electron chi connectivity index (χ0n) is 9.57. The quantitative estimate of drug-likeness (QED) is 0.687. The lowest BCUT2D eigenvalue weighted by Crippen LogP contribution is -2.15. The molecule has 0 aliphatic carbocycles. The van der Waals surface area contributed by atoms with Crippen molar-refractivity contribution in [3.05, 3.63) is 35.9 Å². The predicted molar refractivity (Wildman–Crippen MR) is 62.9 cm³/mol. The molecule has 15 heavy (non-hydrogen) atoms. The van der Waals surface area contributed by atoms with Crippen molar-refractivity contribution in [3.63, 3.8) is 0 Å². The SMILES string of the molecule is C/C=C/c1ccc(OC(C)OCC)cc1. The Kier molecular flexibility index (Phi) is 4.91. The highest BCUT2D eigenvalue weighted by Gasteiger charge is 2.01. The molecule has 0 radical (unpaired) electrons. The lowest BCUT2D eigenvalue weighted by atomic mass is 10.2. The lowest BCUT2D eigenvalue weighted by Gasteiger charge is -2.14. The van der Waals surface area contributed by atoms with E-state index in [1.807, 2.05) is 51.1 Å². The van der Waals surface area contributed by atoms with Crippen molar-refractivity contribution in [3.8, 4) is 5.75 Å². The van der Waals surface area contributed by atoms with Crippen LogP contribution in [-0.4, -0.2) is 12.9 Å². The van der Waals surface area contributed by atoms with Crippen LogP contribution in [0.1, 0.15) is 26.3 Å². The van der Waals surface area contributed by atoms with Gasteiger partial charge in [0.1, 0.15) is 5.75 Å². The van der Waals surface area contributed by atoms with Crippen molar-refractivity contribution in [2.24, 2.45) is 0 Å². The van der Waals surface area contributed by atoms with E-state index in [-0.39, 0.29) is 6.29 Å². The first kappa shape index (κ1) is 11.8. The van der Waals surface area contributed by atoms with Crippen molar-refractivity contribution < 1.29 is 9.47 Å². The molecule has 0 bridgehead atoms. The summed E-state index contributed by atoms with van der Waals surface area (Å²) in [6.45, 7) is 6.51. The molecule has 0 aromatic heterocycles. The summed E-state index contributed by atoms with van der Waals surface area (Å²) in [5.74, 6) is 0.837. The fraction of sp³-hybridized carbons (Fsp3) is 0.385. The first-order valence-electron chi connectivity index (χ1n) is 5.27. The predicted octanol–water partition coefficient (Wildman–Crippen LogP) is 3.48. The smallest absolute Gasteiger partial charge is 0.196 e. The molecule has 82 valence electrons. The third-order valence-corrected chi connectivity index (χ3v) is 1.94. The third-order valence-electron chi connectivity index (χ3n) is 1.94. The van der Waals surface area contributed by atoms with Crippen LogP contribution in [-0.2, 0) is 4.74 Å². The van der Waals surface area contributed by atoms with Crippen molar-refractivity contribution >= 4 is 6.08 Å². The maximum Gasteiger partial charge on any atom is 0.196 e. The monoisotopic (exact) mass is 206 g/mol. The average molecular weight is 206 g/mol. The largest absolute Gasteiger partial charge is 0.465 e. The van der Waals surface area contributed by atoms with Gasteiger partial charge < -0.3 is 9.47 Å². The number of ether oxygens (including phenoxy) is 2. The number of hydrogen-bond acceptors (Lipinski definition) is 2. The summed E-state index contributed by atoms with van der Waals surface area (Å²) in [6.07, 6.45) is 3.87. The molecule has 0 fully saturated rings. The molecule has 1 aromatic carbocycles. The molecule has 0 saturated heterocycles. The van der Waals surface area contributed by atoms with Gasteiger partial charge in [-0.2, -0.15) is 0 Å². The Morgan fingerprint density at radius 2 is 1.93 bits per heavy atom. The van der Waals surface area contributed by atoms with Crippen LogP contribution in [0.5, 0.6) is 5.75 Å². The summed E-state index contributed by atoms with van der Waals surface area (Å²) in [7, 11) is 0. The van der Waals surface area contributed by atoms with E-state index in [9.17, 15) is 0 Å². The number of hydrogen-bond donors (Lipinski definition) is 0. The summed E-state index contributed by atoms with van der Waals surface area (Å²) >= 11 is 0. The molecule has 1 rings (SSSR count). The molecule has 2 nitrogen and oxygen atoms in total. The van der Waals surface area contributed by atoms with Gasteiger partial charge in [-0.05, 0) is 38.5 Å². The van der Waals surface area contributed by atoms with Crippen molar-refractivity contribution in [2.45, 2.75) is 27.1 Å². The molecule has 2 heteroatoms. The summed E-state index contributed by atoms with van der Waals surface area (Å²) in [5, 5.41) is 0. The van der Waals surface area contributed by atoms with Crippen LogP contribution < -0.4 is 4.74 Å². The van der Waals surface area contributed by atoms with Crippen LogP contribution in [0.25, 0.3) is 6.08 Å². The number of rotatable bonds is 5. The van der Waals surface area contributed by atoms with Crippen molar-refractivity contribution in [2.75, 3.05) is 6.61 Å². The molecule has 1 atom stereocenters. The van der Waals surface area contributed by atoms with Crippen LogP contribution in [0.15, 0.2) is 30.3 Å². The highest BCUT2D eigenvalue weighted by Crippen LogP contribution is 2.14. The summed E-state index contributed by atoms with van der Waals surface area (Å²) in [5.41, 5.74) is 1.17. The van der Waals surface area contributed by atoms with Gasteiger partial charge in [0.05, 0.1) is 0 Å². The van der Waals surface area contributed by atoms with Gasteiger partial charge in [0.15, 0.2) is 6.29 Å². The Balaban J connectivity index is 2.56. The van der Waals surface area contributed by atoms with Gasteiger partial charge in [-0.15, -0.1) is 0 Å². The van der Waals surface area contributed by atoms with Crippen LogP contribution in [0.3, 0.4) is 0 Å². The Bertz CT molecular complexity index is 301. The Morgan fingerprint density at radius 1 is 1.27 bits per heavy atom. The van der Waals surface area contributed by atoms with Gasteiger partial charge in [-0.25, -0.2) is 0 Å². The molecular weight excluding hydrogens is 188 g/mol. The maximum atomic E-state index is 5.54. The number of benzene rings is 1. The van der Waals surface area contributed by atoms with Gasteiger partial charge in [-0.3, -0.25) is 0 Å². The fourth-order valence-electron chi connectivity index (χ4n) is 1.31. The van der Waals surface area contributed by atoms with Crippen molar-refractivity contribution in [1.29, 1.82) is 0 Å². The van der Waals surface area contributed by atoms with Crippen LogP contribution in [0, 0.1) is 0 Å². The molecule has 0 saturated carbocycles. The molecule has 0 N–H and O–H groups in total. The minimum absolute atomic E-state index is 0.192. The van der Waals surface area contributed by atoms with E-state index < -0.39 is 0 Å². The summed E-state index contributed by atoms with van der Waals surface area (Å²) < 4.78 is 10.8. The van der Waals surface area contributed by atoms with Crippen LogP contribution in [0.2, 0.25) is 0 Å². The van der Waals surface area contributed by atoms with E-state index in [1.54, 1.807) is 0 Å². The zero-order valence-corrected chi connectivity index (χ0v) is 9.57. The highest BCUT2D eigenvalue weighted by atomic mass is 16.7. The van der Waals surface area contributed by atoms with E-state index in [0.717, 1.165) is 5.75 Å². The topological polar surface area (TPSA) is 18.5 Å². The Hall–Kier alpha value is -1.28. The minimum Gasteiger partial charge on any atom is -0.465 e. The molecule has 1 aromatic rings. The first-order chi connectivity index (χ1) is 7.26. The van der Waals surface area contributed by atoms with Gasteiger partial charge in [-0.1, -0.05) is 24.3 Å². The van der Waals surface area contributed by atoms with E-state index in [2.05, 4.69) is 6.08 Å². The van der Waals surface area contributed by atoms with Crippen LogP contribution >= 0.6 is 0 Å². The van der Waals surface area contributed by atoms with E-state index in [1.165, 1.54) is 5.56 Å². The van der Waals surface area contributed by atoms with Gasteiger partial charge >= 0.3 is 0 Å². The minimum atomic E-state index is -0.192. The van der Waals surface area contributed by atoms with Crippen molar-refractivity contribution in [1.82, 2.24) is 0 Å². The van der Waals surface area contributed by atoms with Crippen LogP contribution in [0.4, 0.5) is 0 Å². The maximum absolute atomic E-state index is 5.54. The van der Waals surface area contributed by atoms with Gasteiger partial charge in [0.2, 0.25) is 0 Å². The lowest BCUT2D eigenvalue weighted by molar-refractivity contribution is -0.0613. The zero-order chi connectivity index (χ0) is 11.1. The Labute approximate surface area is 91.5 Å². The van der Waals surface area contributed by atoms with E-state index >= 15 is 0 Å². The normalized spacial score (nSPS) is 13.0. The molecule has 0 aliphatic rings. The molecule has 0 amide bonds. The third kappa shape index (κ3) is 4.17. The first-order valence-corrected chi connectivity index (χ1v) is 5.27. The molecular formula is C13H18O2. The standard InChI is InChI=1S/C13H18O2/c1-4-6-12-7-9-13(10-8-12)15-11(3)14-5-2/h4,6-11H,5H2,1-3H3/b6-4+. The molecule has 0 aliphatic heterocycles. The number of allylic oxidation sites excluding steroid dienone is 1. The highest BCUT2D eigenvalue weighted by molar-refractivity contribution is 5.50. The fourth-order valence-corrected chi connectivity index (χ4v) is 1.31. The van der Waals surface area contributed by atoms with E-state index in [0.29, 0.717) is 6.61 Å². The molecule has 0 heterocycles.